The van der Waals surface area contributed by atoms with Gasteiger partial charge >= 0.3 is 0 Å². The number of piperazine rings is 1. The molecule has 1 aliphatic rings. The van der Waals surface area contributed by atoms with Crippen LogP contribution in [0.3, 0.4) is 0 Å². The Morgan fingerprint density at radius 2 is 1.68 bits per heavy atom. The first kappa shape index (κ1) is 25.2. The topological polar surface area (TPSA) is 50.6 Å². The molecule has 1 amide bonds. The summed E-state index contributed by atoms with van der Waals surface area (Å²) in [4.78, 5) is 17.6. The highest BCUT2D eigenvalue weighted by Crippen LogP contribution is 2.22. The van der Waals surface area contributed by atoms with Crippen LogP contribution in [-0.2, 0) is 13.2 Å². The Kier molecular flexibility index (Phi) is 7.72. The van der Waals surface area contributed by atoms with Gasteiger partial charge in [0, 0.05) is 54.0 Å². The molecule has 1 fully saturated rings. The van der Waals surface area contributed by atoms with E-state index in [0.29, 0.717) is 25.3 Å². The van der Waals surface area contributed by atoms with Crippen LogP contribution in [0.25, 0.3) is 5.69 Å². The summed E-state index contributed by atoms with van der Waals surface area (Å²) in [6, 6.07) is 25.8. The van der Waals surface area contributed by atoms with Crippen LogP contribution in [0.15, 0.2) is 83.3 Å². The molecule has 5 rings (SSSR count). The third kappa shape index (κ3) is 5.95. The van der Waals surface area contributed by atoms with E-state index in [1.807, 2.05) is 76.3 Å². The van der Waals surface area contributed by atoms with E-state index >= 15 is 0 Å². The minimum Gasteiger partial charge on any atom is -0.489 e. The van der Waals surface area contributed by atoms with Gasteiger partial charge in [0.1, 0.15) is 12.4 Å². The van der Waals surface area contributed by atoms with Gasteiger partial charge < -0.3 is 9.64 Å². The smallest absolute Gasteiger partial charge is 0.253 e. The van der Waals surface area contributed by atoms with Gasteiger partial charge in [0.25, 0.3) is 5.91 Å². The number of nitrogens with zero attached hydrogens (tertiary/aromatic N) is 4. The van der Waals surface area contributed by atoms with Crippen LogP contribution in [0.1, 0.15) is 32.9 Å². The molecule has 6 nitrogen and oxygen atoms in total. The van der Waals surface area contributed by atoms with Gasteiger partial charge in [-0.1, -0.05) is 52.3 Å². The second-order valence-corrected chi connectivity index (χ2v) is 10.3. The van der Waals surface area contributed by atoms with Crippen LogP contribution < -0.4 is 4.74 Å². The maximum absolute atomic E-state index is 13.3. The van der Waals surface area contributed by atoms with Crippen LogP contribution in [0, 0.1) is 13.8 Å². The Labute approximate surface area is 226 Å². The fourth-order valence-electron chi connectivity index (χ4n) is 4.76. The van der Waals surface area contributed by atoms with Gasteiger partial charge in [-0.3, -0.25) is 9.69 Å². The van der Waals surface area contributed by atoms with E-state index in [1.54, 1.807) is 0 Å². The molecule has 1 aliphatic heterocycles. The molecule has 0 aliphatic carbocycles. The maximum atomic E-state index is 13.3. The number of hydrogen-bond donors (Lipinski definition) is 0. The van der Waals surface area contributed by atoms with Crippen molar-refractivity contribution in [1.82, 2.24) is 19.6 Å². The maximum Gasteiger partial charge on any atom is 0.253 e. The van der Waals surface area contributed by atoms with Crippen molar-refractivity contribution in [3.63, 3.8) is 0 Å². The fourth-order valence-corrected chi connectivity index (χ4v) is 5.14. The largest absolute Gasteiger partial charge is 0.489 e. The number of carbonyl (C=O) groups is 1. The van der Waals surface area contributed by atoms with E-state index in [9.17, 15) is 4.79 Å². The molecule has 0 spiro atoms. The molecule has 1 aromatic heterocycles. The molecular formula is C30H31BrN4O2. The number of aromatic nitrogens is 2. The molecule has 0 radical (unpaired) electrons. The molecule has 3 aromatic carbocycles. The van der Waals surface area contributed by atoms with E-state index in [4.69, 9.17) is 9.84 Å². The van der Waals surface area contributed by atoms with Crippen LogP contribution in [0.2, 0.25) is 0 Å². The van der Waals surface area contributed by atoms with E-state index in [2.05, 4.69) is 46.8 Å². The molecule has 0 saturated carbocycles. The summed E-state index contributed by atoms with van der Waals surface area (Å²) in [7, 11) is 0. The van der Waals surface area contributed by atoms with Crippen molar-refractivity contribution in [3.05, 3.63) is 111 Å². The Morgan fingerprint density at radius 3 is 2.43 bits per heavy atom. The number of halogens is 1. The third-order valence-corrected chi connectivity index (χ3v) is 7.35. The first-order chi connectivity index (χ1) is 18.0. The summed E-state index contributed by atoms with van der Waals surface area (Å²) in [5.74, 6) is 0.871. The molecule has 2 heterocycles. The number of carbonyl (C=O) groups excluding carboxylic acids is 1. The minimum absolute atomic E-state index is 0.0770. The van der Waals surface area contributed by atoms with Crippen LogP contribution >= 0.6 is 15.9 Å². The Balaban J connectivity index is 1.18. The molecule has 0 unspecified atom stereocenters. The average molecular weight is 560 g/mol. The number of para-hydroxylation sites is 1. The molecule has 37 heavy (non-hydrogen) atoms. The number of ether oxygens (including phenoxy) is 1. The van der Waals surface area contributed by atoms with Gasteiger partial charge in [-0.15, -0.1) is 0 Å². The molecule has 0 atom stereocenters. The zero-order valence-corrected chi connectivity index (χ0v) is 22.8. The van der Waals surface area contributed by atoms with E-state index in [-0.39, 0.29) is 5.91 Å². The highest BCUT2D eigenvalue weighted by Gasteiger charge is 2.24. The van der Waals surface area contributed by atoms with Crippen LogP contribution in [-0.4, -0.2) is 51.7 Å². The number of hydrogen-bond acceptors (Lipinski definition) is 4. The highest BCUT2D eigenvalue weighted by atomic mass is 79.9. The monoisotopic (exact) mass is 558 g/mol. The predicted molar refractivity (Wildman–Crippen MR) is 149 cm³/mol. The molecule has 0 bridgehead atoms. The normalized spacial score (nSPS) is 14.1. The van der Waals surface area contributed by atoms with Crippen LogP contribution in [0.4, 0.5) is 0 Å². The minimum atomic E-state index is 0.0770. The summed E-state index contributed by atoms with van der Waals surface area (Å²) in [5.41, 5.74) is 6.26. The molecule has 7 heteroatoms. The number of benzene rings is 3. The molecule has 4 aromatic rings. The van der Waals surface area contributed by atoms with Gasteiger partial charge in [0.05, 0.1) is 11.4 Å². The van der Waals surface area contributed by atoms with Gasteiger partial charge in [-0.05, 0) is 61.9 Å². The Bertz CT molecular complexity index is 1380. The lowest BCUT2D eigenvalue weighted by Gasteiger charge is -2.35. The van der Waals surface area contributed by atoms with E-state index < -0.39 is 0 Å². The lowest BCUT2D eigenvalue weighted by atomic mass is 10.1. The Hall–Kier alpha value is -3.42. The molecular weight excluding hydrogens is 528 g/mol. The summed E-state index contributed by atoms with van der Waals surface area (Å²) < 4.78 is 8.91. The van der Waals surface area contributed by atoms with Crippen molar-refractivity contribution < 1.29 is 9.53 Å². The Morgan fingerprint density at radius 1 is 0.919 bits per heavy atom. The first-order valence-corrected chi connectivity index (χ1v) is 13.4. The molecule has 0 N–H and O–H groups in total. The quantitative estimate of drug-likeness (QED) is 0.288. The summed E-state index contributed by atoms with van der Waals surface area (Å²) >= 11 is 3.47. The SMILES string of the molecule is Cc1nn(-c2ccccc2)c(C)c1CN1CCN(C(=O)c2cccc(COc3cccc(Br)c3)c2)CC1. The van der Waals surface area contributed by atoms with E-state index in [0.717, 1.165) is 46.8 Å². The second kappa shape index (κ2) is 11.3. The average Bonchev–Trinajstić information content (AvgIpc) is 3.21. The summed E-state index contributed by atoms with van der Waals surface area (Å²) in [6.45, 7) is 8.57. The molecule has 1 saturated heterocycles. The second-order valence-electron chi connectivity index (χ2n) is 9.41. The number of amides is 1. The predicted octanol–water partition coefficient (Wildman–Crippen LogP) is 5.79. The standard InChI is InChI=1S/C30H31BrN4O2/c1-22-29(23(2)35(32-22)27-11-4-3-5-12-27)20-33-14-16-34(17-15-33)30(36)25-9-6-8-24(18-25)21-37-28-13-7-10-26(31)19-28/h3-13,18-19H,14-17,20-21H2,1-2H3. The van der Waals surface area contributed by atoms with Crippen molar-refractivity contribution in [2.45, 2.75) is 27.0 Å². The van der Waals surface area contributed by atoms with Crippen LogP contribution in [0.5, 0.6) is 5.75 Å². The van der Waals surface area contributed by atoms with Crippen molar-refractivity contribution in [2.75, 3.05) is 26.2 Å². The van der Waals surface area contributed by atoms with Crippen molar-refractivity contribution in [2.24, 2.45) is 0 Å². The fraction of sp³-hybridized carbons (Fsp3) is 0.267. The van der Waals surface area contributed by atoms with Crippen molar-refractivity contribution in [3.8, 4) is 11.4 Å². The van der Waals surface area contributed by atoms with Crippen molar-refractivity contribution >= 4 is 21.8 Å². The van der Waals surface area contributed by atoms with Gasteiger partial charge in [-0.25, -0.2) is 4.68 Å². The lowest BCUT2D eigenvalue weighted by Crippen LogP contribution is -2.48. The summed E-state index contributed by atoms with van der Waals surface area (Å²) in [5, 5.41) is 4.79. The highest BCUT2D eigenvalue weighted by molar-refractivity contribution is 9.10. The van der Waals surface area contributed by atoms with Gasteiger partial charge in [0.15, 0.2) is 0 Å². The molecule has 190 valence electrons. The first-order valence-electron chi connectivity index (χ1n) is 12.6. The number of rotatable bonds is 7. The van der Waals surface area contributed by atoms with E-state index in [1.165, 1.54) is 11.3 Å². The number of aryl methyl sites for hydroxylation is 1. The zero-order valence-electron chi connectivity index (χ0n) is 21.2. The van der Waals surface area contributed by atoms with Gasteiger partial charge in [0.2, 0.25) is 0 Å². The van der Waals surface area contributed by atoms with Gasteiger partial charge in [-0.2, -0.15) is 5.10 Å². The zero-order chi connectivity index (χ0) is 25.8. The summed E-state index contributed by atoms with van der Waals surface area (Å²) in [6.07, 6.45) is 0. The van der Waals surface area contributed by atoms with Crippen molar-refractivity contribution in [1.29, 1.82) is 0 Å². The lowest BCUT2D eigenvalue weighted by molar-refractivity contribution is 0.0627. The third-order valence-electron chi connectivity index (χ3n) is 6.86.